The lowest BCUT2D eigenvalue weighted by Gasteiger charge is -2.18. The molecule has 0 fully saturated rings. The van der Waals surface area contributed by atoms with Gasteiger partial charge in [-0.1, -0.05) is 5.16 Å². The monoisotopic (exact) mass is 254 g/mol. The third-order valence-corrected chi connectivity index (χ3v) is 2.66. The second kappa shape index (κ2) is 5.63. The van der Waals surface area contributed by atoms with Gasteiger partial charge in [0.05, 0.1) is 11.7 Å². The molecule has 3 amide bonds. The number of urea groups is 1. The minimum Gasteiger partial charge on any atom is -0.361 e. The van der Waals surface area contributed by atoms with Crippen molar-refractivity contribution in [3.8, 4) is 0 Å². The van der Waals surface area contributed by atoms with E-state index in [0.717, 1.165) is 11.3 Å². The van der Waals surface area contributed by atoms with Gasteiger partial charge in [0, 0.05) is 11.6 Å². The van der Waals surface area contributed by atoms with Gasteiger partial charge in [0.1, 0.15) is 5.76 Å². The molecular weight excluding hydrogens is 236 g/mol. The van der Waals surface area contributed by atoms with Gasteiger partial charge >= 0.3 is 6.03 Å². The molecule has 18 heavy (non-hydrogen) atoms. The van der Waals surface area contributed by atoms with E-state index >= 15 is 0 Å². The molecule has 0 aromatic carbocycles. The van der Waals surface area contributed by atoms with Crippen molar-refractivity contribution in [2.75, 3.05) is 0 Å². The van der Waals surface area contributed by atoms with Gasteiger partial charge < -0.3 is 10.3 Å². The molecule has 0 aliphatic carbocycles. The summed E-state index contributed by atoms with van der Waals surface area (Å²) in [4.78, 5) is 22.1. The lowest BCUT2D eigenvalue weighted by Crippen LogP contribution is -2.47. The van der Waals surface area contributed by atoms with Crippen molar-refractivity contribution in [2.45, 2.75) is 39.8 Å². The summed E-state index contributed by atoms with van der Waals surface area (Å²) in [5, 5.41) is 8.92. The topological polar surface area (TPSA) is 110 Å². The molecule has 0 aliphatic heterocycles. The van der Waals surface area contributed by atoms with Crippen LogP contribution in [0.1, 0.15) is 36.9 Å². The highest BCUT2D eigenvalue weighted by Crippen LogP contribution is 2.21. The SMILES string of the molecule is Cc1noc(C)c1C(C)NC(C)C(=O)NC(N)=O. The Labute approximate surface area is 105 Å². The van der Waals surface area contributed by atoms with Crippen molar-refractivity contribution in [3.63, 3.8) is 0 Å². The highest BCUT2D eigenvalue weighted by molar-refractivity contribution is 5.96. The van der Waals surface area contributed by atoms with Crippen LogP contribution in [0.3, 0.4) is 0 Å². The molecule has 1 heterocycles. The van der Waals surface area contributed by atoms with Crippen LogP contribution in [0.25, 0.3) is 0 Å². The van der Waals surface area contributed by atoms with Crippen molar-refractivity contribution in [1.29, 1.82) is 0 Å². The maximum atomic E-state index is 11.5. The van der Waals surface area contributed by atoms with E-state index < -0.39 is 18.0 Å². The van der Waals surface area contributed by atoms with Crippen molar-refractivity contribution >= 4 is 11.9 Å². The fourth-order valence-electron chi connectivity index (χ4n) is 1.87. The van der Waals surface area contributed by atoms with Gasteiger partial charge in [-0.3, -0.25) is 15.4 Å². The van der Waals surface area contributed by atoms with Crippen molar-refractivity contribution in [2.24, 2.45) is 5.73 Å². The first-order chi connectivity index (χ1) is 8.32. The number of rotatable bonds is 4. The standard InChI is InChI=1S/C11H18N4O3/c1-5(9-6(2)15-18-8(9)4)13-7(3)10(16)14-11(12)17/h5,7,13H,1-4H3,(H3,12,14,16,17). The van der Waals surface area contributed by atoms with Gasteiger partial charge in [0.2, 0.25) is 5.91 Å². The third kappa shape index (κ3) is 3.30. The summed E-state index contributed by atoms with van der Waals surface area (Å²) in [5.41, 5.74) is 6.57. The highest BCUT2D eigenvalue weighted by atomic mass is 16.5. The smallest absolute Gasteiger partial charge is 0.318 e. The van der Waals surface area contributed by atoms with Crippen molar-refractivity contribution in [1.82, 2.24) is 15.8 Å². The molecule has 100 valence electrons. The zero-order chi connectivity index (χ0) is 13.9. The molecule has 1 aromatic heterocycles. The fourth-order valence-corrected chi connectivity index (χ4v) is 1.87. The molecule has 0 bridgehead atoms. The summed E-state index contributed by atoms with van der Waals surface area (Å²) in [6, 6.07) is -1.54. The van der Waals surface area contributed by atoms with E-state index in [1.54, 1.807) is 6.92 Å². The number of nitrogens with zero attached hydrogens (tertiary/aromatic N) is 1. The predicted molar refractivity (Wildman–Crippen MR) is 64.7 cm³/mol. The first-order valence-corrected chi connectivity index (χ1v) is 5.62. The van der Waals surface area contributed by atoms with Gasteiger partial charge in [-0.25, -0.2) is 4.79 Å². The minimum atomic E-state index is -0.862. The first kappa shape index (κ1) is 14.2. The quantitative estimate of drug-likeness (QED) is 0.725. The zero-order valence-electron chi connectivity index (χ0n) is 10.9. The van der Waals surface area contributed by atoms with Gasteiger partial charge in [-0.2, -0.15) is 0 Å². The average Bonchev–Trinajstić information content (AvgIpc) is 2.57. The second-order valence-corrected chi connectivity index (χ2v) is 4.20. The van der Waals surface area contributed by atoms with E-state index in [0.29, 0.717) is 5.76 Å². The Bertz CT molecular complexity index is 436. The number of carbonyl (C=O) groups is 2. The highest BCUT2D eigenvalue weighted by Gasteiger charge is 2.21. The van der Waals surface area contributed by atoms with E-state index in [-0.39, 0.29) is 6.04 Å². The van der Waals surface area contributed by atoms with E-state index in [4.69, 9.17) is 10.3 Å². The van der Waals surface area contributed by atoms with Crippen LogP contribution < -0.4 is 16.4 Å². The Morgan fingerprint density at radius 1 is 1.33 bits per heavy atom. The van der Waals surface area contributed by atoms with Gasteiger partial charge in [0.15, 0.2) is 0 Å². The Hall–Kier alpha value is -1.89. The number of carbonyl (C=O) groups excluding carboxylic acids is 2. The average molecular weight is 254 g/mol. The summed E-state index contributed by atoms with van der Waals surface area (Å²) in [6.45, 7) is 7.17. The number of imide groups is 1. The zero-order valence-corrected chi connectivity index (χ0v) is 10.9. The molecule has 0 saturated heterocycles. The number of primary amides is 1. The lowest BCUT2D eigenvalue weighted by atomic mass is 10.1. The van der Waals surface area contributed by atoms with Crippen molar-refractivity contribution in [3.05, 3.63) is 17.0 Å². The lowest BCUT2D eigenvalue weighted by molar-refractivity contribution is -0.121. The molecule has 0 aliphatic rings. The number of amides is 3. The van der Waals surface area contributed by atoms with Crippen LogP contribution in [-0.2, 0) is 4.79 Å². The molecule has 2 atom stereocenters. The van der Waals surface area contributed by atoms with Crippen LogP contribution in [0.15, 0.2) is 4.52 Å². The summed E-state index contributed by atoms with van der Waals surface area (Å²) in [7, 11) is 0. The molecule has 4 N–H and O–H groups in total. The molecule has 1 rings (SSSR count). The predicted octanol–water partition coefficient (Wildman–Crippen LogP) is 0.525. The van der Waals surface area contributed by atoms with Gasteiger partial charge in [0.25, 0.3) is 0 Å². The van der Waals surface area contributed by atoms with Crippen LogP contribution >= 0.6 is 0 Å². The van der Waals surface area contributed by atoms with Gasteiger partial charge in [-0.05, 0) is 27.7 Å². The third-order valence-electron chi connectivity index (χ3n) is 2.66. The Morgan fingerprint density at radius 3 is 2.39 bits per heavy atom. The molecule has 7 heteroatoms. The maximum absolute atomic E-state index is 11.5. The van der Waals surface area contributed by atoms with Crippen LogP contribution in [-0.4, -0.2) is 23.1 Å². The molecule has 7 nitrogen and oxygen atoms in total. The number of hydrogen-bond acceptors (Lipinski definition) is 5. The van der Waals surface area contributed by atoms with Crippen LogP contribution in [0.5, 0.6) is 0 Å². The van der Waals surface area contributed by atoms with Crippen molar-refractivity contribution < 1.29 is 14.1 Å². The summed E-state index contributed by atoms with van der Waals surface area (Å²) in [5.74, 6) is 0.233. The Kier molecular flexibility index (Phi) is 4.43. The Balaban J connectivity index is 2.68. The fraction of sp³-hybridized carbons (Fsp3) is 0.545. The molecule has 1 aromatic rings. The summed E-state index contributed by atoms with van der Waals surface area (Å²) < 4.78 is 5.06. The number of hydrogen-bond donors (Lipinski definition) is 3. The van der Waals surface area contributed by atoms with E-state index in [1.165, 1.54) is 0 Å². The largest absolute Gasteiger partial charge is 0.361 e. The van der Waals surface area contributed by atoms with E-state index in [9.17, 15) is 9.59 Å². The molecule has 2 unspecified atom stereocenters. The summed E-state index contributed by atoms with van der Waals surface area (Å²) in [6.07, 6.45) is 0. The Morgan fingerprint density at radius 2 is 1.94 bits per heavy atom. The summed E-state index contributed by atoms with van der Waals surface area (Å²) >= 11 is 0. The normalized spacial score (nSPS) is 14.0. The number of aryl methyl sites for hydroxylation is 2. The minimum absolute atomic E-state index is 0.120. The van der Waals surface area contributed by atoms with Crippen LogP contribution in [0.4, 0.5) is 4.79 Å². The number of aromatic nitrogens is 1. The van der Waals surface area contributed by atoms with Crippen LogP contribution in [0.2, 0.25) is 0 Å². The van der Waals surface area contributed by atoms with Crippen LogP contribution in [0, 0.1) is 13.8 Å². The molecule has 0 spiro atoms. The van der Waals surface area contributed by atoms with E-state index in [1.807, 2.05) is 26.1 Å². The van der Waals surface area contributed by atoms with E-state index in [2.05, 4.69) is 10.5 Å². The molecule has 0 radical (unpaired) electrons. The number of nitrogens with two attached hydrogens (primary N) is 1. The first-order valence-electron chi connectivity index (χ1n) is 5.62. The number of nitrogens with one attached hydrogen (secondary N) is 2. The molecule has 0 saturated carbocycles. The second-order valence-electron chi connectivity index (χ2n) is 4.20. The maximum Gasteiger partial charge on any atom is 0.318 e. The van der Waals surface area contributed by atoms with Gasteiger partial charge in [-0.15, -0.1) is 0 Å². The molecular formula is C11H18N4O3.